The second-order valence-electron chi connectivity index (χ2n) is 4.31. The summed E-state index contributed by atoms with van der Waals surface area (Å²) in [6.07, 6.45) is 1.96. The monoisotopic (exact) mass is 289 g/mol. The predicted molar refractivity (Wildman–Crippen MR) is 77.1 cm³/mol. The van der Waals surface area contributed by atoms with Crippen LogP contribution in [0.15, 0.2) is 24.5 Å². The van der Waals surface area contributed by atoms with Crippen LogP contribution < -0.4 is 16.0 Å². The summed E-state index contributed by atoms with van der Waals surface area (Å²) in [5.41, 5.74) is 3.78. The third-order valence-corrected chi connectivity index (χ3v) is 2.98. The fraction of sp³-hybridized carbons (Fsp3) is 0.231. The molecule has 110 valence electrons. The van der Waals surface area contributed by atoms with E-state index in [0.29, 0.717) is 29.4 Å². The number of rotatable bonds is 5. The minimum Gasteiger partial charge on any atom is -0.439 e. The average Bonchev–Trinajstić information content (AvgIpc) is 2.46. The number of nitro benzene ring substituents is 1. The Morgan fingerprint density at radius 3 is 2.76 bits per heavy atom. The number of nitrogens with zero attached hydrogens (tertiary/aromatic N) is 3. The van der Waals surface area contributed by atoms with Gasteiger partial charge in [0.05, 0.1) is 10.5 Å². The van der Waals surface area contributed by atoms with Gasteiger partial charge in [-0.1, -0.05) is 6.92 Å². The lowest BCUT2D eigenvalue weighted by atomic mass is 10.2. The highest BCUT2D eigenvalue weighted by molar-refractivity contribution is 5.50. The summed E-state index contributed by atoms with van der Waals surface area (Å²) >= 11 is 0. The van der Waals surface area contributed by atoms with E-state index in [9.17, 15) is 10.1 Å². The van der Waals surface area contributed by atoms with Crippen LogP contribution in [0.1, 0.15) is 18.1 Å². The van der Waals surface area contributed by atoms with Crippen LogP contribution in [0.2, 0.25) is 0 Å². The summed E-state index contributed by atoms with van der Waals surface area (Å²) in [6.45, 7) is 3.58. The number of aromatic nitrogens is 2. The van der Waals surface area contributed by atoms with Crippen molar-refractivity contribution in [3.63, 3.8) is 0 Å². The summed E-state index contributed by atoms with van der Waals surface area (Å²) in [5.74, 6) is 6.72. The van der Waals surface area contributed by atoms with Gasteiger partial charge in [-0.15, -0.1) is 0 Å². The van der Waals surface area contributed by atoms with Crippen molar-refractivity contribution in [3.05, 3.63) is 45.8 Å². The Balaban J connectivity index is 2.34. The lowest BCUT2D eigenvalue weighted by Gasteiger charge is -2.12. The van der Waals surface area contributed by atoms with E-state index in [1.165, 1.54) is 18.5 Å². The van der Waals surface area contributed by atoms with E-state index >= 15 is 0 Å². The third kappa shape index (κ3) is 3.06. The summed E-state index contributed by atoms with van der Waals surface area (Å²) in [5, 5.41) is 10.8. The molecule has 0 saturated carbocycles. The molecule has 1 aromatic carbocycles. The first-order valence-corrected chi connectivity index (χ1v) is 6.30. The van der Waals surface area contributed by atoms with Crippen LogP contribution in [0, 0.1) is 17.0 Å². The zero-order valence-electron chi connectivity index (χ0n) is 11.7. The van der Waals surface area contributed by atoms with Crippen LogP contribution in [0.3, 0.4) is 0 Å². The molecule has 1 aromatic heterocycles. The average molecular weight is 289 g/mol. The van der Waals surface area contributed by atoms with E-state index in [1.54, 1.807) is 13.0 Å². The molecule has 0 aliphatic heterocycles. The summed E-state index contributed by atoms with van der Waals surface area (Å²) in [4.78, 5) is 18.5. The molecule has 0 saturated heterocycles. The first-order chi connectivity index (χ1) is 10.1. The minimum atomic E-state index is -0.433. The fourth-order valence-corrected chi connectivity index (χ4v) is 1.94. The lowest BCUT2D eigenvalue weighted by molar-refractivity contribution is -0.385. The number of hydrazine groups is 1. The minimum absolute atomic E-state index is 0.0464. The Bertz CT molecular complexity index is 675. The number of benzene rings is 1. The Kier molecular flexibility index (Phi) is 4.29. The maximum Gasteiger partial charge on any atom is 0.272 e. The normalized spacial score (nSPS) is 10.2. The fourth-order valence-electron chi connectivity index (χ4n) is 1.94. The maximum absolute atomic E-state index is 10.8. The van der Waals surface area contributed by atoms with Gasteiger partial charge in [0.2, 0.25) is 5.88 Å². The van der Waals surface area contributed by atoms with E-state index in [2.05, 4.69) is 15.4 Å². The van der Waals surface area contributed by atoms with Gasteiger partial charge in [-0.3, -0.25) is 10.1 Å². The number of ether oxygens (including phenoxy) is 1. The van der Waals surface area contributed by atoms with E-state index in [0.717, 1.165) is 5.56 Å². The van der Waals surface area contributed by atoms with Gasteiger partial charge in [0.15, 0.2) is 0 Å². The van der Waals surface area contributed by atoms with Crippen LogP contribution in [-0.2, 0) is 6.42 Å². The van der Waals surface area contributed by atoms with Gasteiger partial charge >= 0.3 is 0 Å². The quantitative estimate of drug-likeness (QED) is 0.493. The molecular weight excluding hydrogens is 274 g/mol. The SMILES string of the molecule is CCc1c(NN)ncnc1Oc1ccc([N+](=O)[O-])c(C)c1. The lowest BCUT2D eigenvalue weighted by Crippen LogP contribution is -2.12. The van der Waals surface area contributed by atoms with Crippen molar-refractivity contribution >= 4 is 11.5 Å². The Morgan fingerprint density at radius 1 is 1.43 bits per heavy atom. The Labute approximate surface area is 121 Å². The van der Waals surface area contributed by atoms with Gasteiger partial charge in [0, 0.05) is 11.6 Å². The maximum atomic E-state index is 10.8. The van der Waals surface area contributed by atoms with Gasteiger partial charge in [-0.2, -0.15) is 0 Å². The van der Waals surface area contributed by atoms with Crippen LogP contribution in [0.4, 0.5) is 11.5 Å². The van der Waals surface area contributed by atoms with E-state index in [1.807, 2.05) is 6.92 Å². The number of nitrogens with one attached hydrogen (secondary N) is 1. The Hall–Kier alpha value is -2.74. The number of hydrogen-bond acceptors (Lipinski definition) is 7. The zero-order valence-corrected chi connectivity index (χ0v) is 11.7. The van der Waals surface area contributed by atoms with Crippen LogP contribution >= 0.6 is 0 Å². The molecule has 1 heterocycles. The number of nitrogen functional groups attached to an aromatic ring is 1. The molecular formula is C13H15N5O3. The molecule has 2 rings (SSSR count). The first kappa shape index (κ1) is 14.7. The molecule has 2 aromatic rings. The van der Waals surface area contributed by atoms with Crippen LogP contribution in [-0.4, -0.2) is 14.9 Å². The number of nitrogens with two attached hydrogens (primary N) is 1. The standard InChI is InChI=1S/C13H15N5O3/c1-3-10-12(17-14)15-7-16-13(10)21-9-4-5-11(18(19)20)8(2)6-9/h4-7H,3,14H2,1-2H3,(H,15,16,17). The van der Waals surface area contributed by atoms with Crippen molar-refractivity contribution < 1.29 is 9.66 Å². The second-order valence-corrected chi connectivity index (χ2v) is 4.31. The molecule has 0 atom stereocenters. The van der Waals surface area contributed by atoms with Crippen molar-refractivity contribution in [1.82, 2.24) is 9.97 Å². The van der Waals surface area contributed by atoms with Crippen LogP contribution in [0.25, 0.3) is 0 Å². The number of nitro groups is 1. The summed E-state index contributed by atoms with van der Waals surface area (Å²) in [6, 6.07) is 4.52. The molecule has 8 heteroatoms. The highest BCUT2D eigenvalue weighted by Crippen LogP contribution is 2.29. The Morgan fingerprint density at radius 2 is 2.19 bits per heavy atom. The molecule has 3 N–H and O–H groups in total. The third-order valence-electron chi connectivity index (χ3n) is 2.98. The highest BCUT2D eigenvalue weighted by Gasteiger charge is 2.14. The predicted octanol–water partition coefficient (Wildman–Crippen LogP) is 2.33. The number of aryl methyl sites for hydroxylation is 1. The van der Waals surface area contributed by atoms with Gasteiger partial charge in [-0.25, -0.2) is 15.8 Å². The molecule has 21 heavy (non-hydrogen) atoms. The smallest absolute Gasteiger partial charge is 0.272 e. The van der Waals surface area contributed by atoms with Gasteiger partial charge in [0.1, 0.15) is 17.9 Å². The van der Waals surface area contributed by atoms with Crippen molar-refractivity contribution in [1.29, 1.82) is 0 Å². The van der Waals surface area contributed by atoms with Gasteiger partial charge in [-0.05, 0) is 25.5 Å². The molecule has 0 spiro atoms. The number of hydrogen-bond donors (Lipinski definition) is 2. The van der Waals surface area contributed by atoms with E-state index < -0.39 is 4.92 Å². The van der Waals surface area contributed by atoms with E-state index in [-0.39, 0.29) is 5.69 Å². The van der Waals surface area contributed by atoms with Crippen molar-refractivity contribution in [2.75, 3.05) is 5.43 Å². The number of anilines is 1. The topological polar surface area (TPSA) is 116 Å². The highest BCUT2D eigenvalue weighted by atomic mass is 16.6. The van der Waals surface area contributed by atoms with Crippen LogP contribution in [0.5, 0.6) is 11.6 Å². The van der Waals surface area contributed by atoms with Crippen molar-refractivity contribution in [2.24, 2.45) is 5.84 Å². The molecule has 0 aliphatic rings. The summed E-state index contributed by atoms with van der Waals surface area (Å²) < 4.78 is 5.69. The molecule has 0 aliphatic carbocycles. The first-order valence-electron chi connectivity index (χ1n) is 6.30. The van der Waals surface area contributed by atoms with Gasteiger partial charge in [0.25, 0.3) is 5.69 Å². The second kappa shape index (κ2) is 6.14. The van der Waals surface area contributed by atoms with Crippen molar-refractivity contribution in [3.8, 4) is 11.6 Å². The molecule has 8 nitrogen and oxygen atoms in total. The molecule has 0 fully saturated rings. The largest absolute Gasteiger partial charge is 0.439 e. The molecule has 0 unspecified atom stereocenters. The molecule has 0 bridgehead atoms. The van der Waals surface area contributed by atoms with Gasteiger partial charge < -0.3 is 10.2 Å². The zero-order chi connectivity index (χ0) is 15.4. The van der Waals surface area contributed by atoms with Crippen molar-refractivity contribution in [2.45, 2.75) is 20.3 Å². The molecule has 0 amide bonds. The summed E-state index contributed by atoms with van der Waals surface area (Å²) in [7, 11) is 0. The van der Waals surface area contributed by atoms with E-state index in [4.69, 9.17) is 10.6 Å². The molecule has 0 radical (unpaired) electrons.